The minimum absolute atomic E-state index is 0.335. The molecule has 3 aromatic heterocycles. The van der Waals surface area contributed by atoms with E-state index in [9.17, 15) is 4.79 Å². The molecule has 26 heavy (non-hydrogen) atoms. The zero-order valence-electron chi connectivity index (χ0n) is 15.4. The third-order valence-electron chi connectivity index (χ3n) is 3.61. The van der Waals surface area contributed by atoms with Gasteiger partial charge in [-0.05, 0) is 38.3 Å². The lowest BCUT2D eigenvalue weighted by atomic mass is 10.2. The Hall–Kier alpha value is -2.61. The number of ether oxygens (including phenoxy) is 1. The van der Waals surface area contributed by atoms with Gasteiger partial charge in [0.2, 0.25) is 0 Å². The number of fused-ring (bicyclic) bond motifs is 1. The quantitative estimate of drug-likeness (QED) is 0.738. The number of thiophene rings is 1. The van der Waals surface area contributed by atoms with Crippen molar-refractivity contribution in [3.8, 4) is 10.4 Å². The SMILES string of the molecule is CN(CCNc1ccn2ncc(-c3cccs3)c2n1)C(=O)OC(C)(C)C. The van der Waals surface area contributed by atoms with Crippen LogP contribution in [0.2, 0.25) is 0 Å². The Morgan fingerprint density at radius 3 is 2.88 bits per heavy atom. The van der Waals surface area contributed by atoms with Crippen LogP contribution in [0.25, 0.3) is 16.1 Å². The fourth-order valence-corrected chi connectivity index (χ4v) is 3.09. The second kappa shape index (κ2) is 7.33. The summed E-state index contributed by atoms with van der Waals surface area (Å²) in [5, 5.41) is 9.63. The van der Waals surface area contributed by atoms with E-state index in [2.05, 4.69) is 21.5 Å². The molecule has 0 atom stereocenters. The minimum Gasteiger partial charge on any atom is -0.444 e. The molecule has 0 fully saturated rings. The minimum atomic E-state index is -0.494. The van der Waals surface area contributed by atoms with Gasteiger partial charge >= 0.3 is 6.09 Å². The number of rotatable bonds is 5. The normalized spacial score (nSPS) is 11.5. The topological polar surface area (TPSA) is 71.8 Å². The molecule has 3 heterocycles. The highest BCUT2D eigenvalue weighted by Gasteiger charge is 2.19. The molecule has 0 bridgehead atoms. The molecular formula is C18H23N5O2S. The molecule has 1 N–H and O–H groups in total. The molecule has 3 rings (SSSR count). The zero-order valence-corrected chi connectivity index (χ0v) is 16.2. The van der Waals surface area contributed by atoms with Crippen LogP contribution in [-0.4, -0.2) is 51.3 Å². The summed E-state index contributed by atoms with van der Waals surface area (Å²) in [4.78, 5) is 19.3. The van der Waals surface area contributed by atoms with Gasteiger partial charge in [-0.3, -0.25) is 0 Å². The van der Waals surface area contributed by atoms with E-state index in [1.54, 1.807) is 27.8 Å². The number of hydrogen-bond donors (Lipinski definition) is 1. The van der Waals surface area contributed by atoms with Crippen LogP contribution < -0.4 is 5.32 Å². The summed E-state index contributed by atoms with van der Waals surface area (Å²) in [5.74, 6) is 0.744. The number of carbonyl (C=O) groups excluding carboxylic acids is 1. The van der Waals surface area contributed by atoms with Gasteiger partial charge in [0.05, 0.1) is 11.8 Å². The molecule has 0 unspecified atom stereocenters. The Bertz CT molecular complexity index is 883. The van der Waals surface area contributed by atoms with Crippen LogP contribution in [-0.2, 0) is 4.74 Å². The van der Waals surface area contributed by atoms with Crippen LogP contribution in [0.15, 0.2) is 36.0 Å². The molecule has 0 aliphatic heterocycles. The summed E-state index contributed by atoms with van der Waals surface area (Å²) in [6, 6.07) is 5.93. The molecule has 8 heteroatoms. The lowest BCUT2D eigenvalue weighted by molar-refractivity contribution is 0.0305. The van der Waals surface area contributed by atoms with Gasteiger partial charge < -0.3 is 15.0 Å². The maximum Gasteiger partial charge on any atom is 0.410 e. The number of anilines is 1. The van der Waals surface area contributed by atoms with Crippen LogP contribution in [0.5, 0.6) is 0 Å². The van der Waals surface area contributed by atoms with Crippen molar-refractivity contribution in [1.82, 2.24) is 19.5 Å². The van der Waals surface area contributed by atoms with Gasteiger partial charge in [-0.2, -0.15) is 5.10 Å². The van der Waals surface area contributed by atoms with Gasteiger partial charge in [-0.15, -0.1) is 11.3 Å². The third kappa shape index (κ3) is 4.32. The molecule has 0 aromatic carbocycles. The van der Waals surface area contributed by atoms with Crippen molar-refractivity contribution >= 4 is 28.9 Å². The van der Waals surface area contributed by atoms with E-state index in [0.717, 1.165) is 21.9 Å². The summed E-state index contributed by atoms with van der Waals surface area (Å²) in [6.07, 6.45) is 3.37. The van der Waals surface area contributed by atoms with Crippen LogP contribution in [0, 0.1) is 0 Å². The molecule has 138 valence electrons. The second-order valence-corrected chi connectivity index (χ2v) is 7.89. The summed E-state index contributed by atoms with van der Waals surface area (Å²) >= 11 is 1.66. The van der Waals surface area contributed by atoms with Crippen LogP contribution in [0.1, 0.15) is 20.8 Å². The maximum absolute atomic E-state index is 12.0. The highest BCUT2D eigenvalue weighted by Crippen LogP contribution is 2.28. The van der Waals surface area contributed by atoms with E-state index in [0.29, 0.717) is 13.1 Å². The average Bonchev–Trinajstić information content (AvgIpc) is 3.21. The monoisotopic (exact) mass is 373 g/mol. The molecule has 7 nitrogen and oxygen atoms in total. The number of likely N-dealkylation sites (N-methyl/N-ethyl adjacent to an activating group) is 1. The lowest BCUT2D eigenvalue weighted by Gasteiger charge is -2.24. The van der Waals surface area contributed by atoms with Crippen LogP contribution in [0.3, 0.4) is 0 Å². The van der Waals surface area contributed by atoms with Crippen molar-refractivity contribution in [1.29, 1.82) is 0 Å². The first-order chi connectivity index (χ1) is 12.3. The number of nitrogens with zero attached hydrogens (tertiary/aromatic N) is 4. The van der Waals surface area contributed by atoms with Gasteiger partial charge in [0.15, 0.2) is 5.65 Å². The van der Waals surface area contributed by atoms with Gasteiger partial charge in [-0.1, -0.05) is 6.07 Å². The lowest BCUT2D eigenvalue weighted by Crippen LogP contribution is -2.36. The number of carbonyl (C=O) groups is 1. The average molecular weight is 373 g/mol. The van der Waals surface area contributed by atoms with Crippen molar-refractivity contribution in [3.63, 3.8) is 0 Å². The van der Waals surface area contributed by atoms with Crippen molar-refractivity contribution in [2.75, 3.05) is 25.5 Å². The Balaban J connectivity index is 1.63. The predicted molar refractivity (Wildman–Crippen MR) is 104 cm³/mol. The molecule has 0 radical (unpaired) electrons. The number of amides is 1. The van der Waals surface area contributed by atoms with E-state index < -0.39 is 5.60 Å². The molecule has 0 aliphatic carbocycles. The number of aromatic nitrogens is 3. The predicted octanol–water partition coefficient (Wildman–Crippen LogP) is 3.74. The van der Waals surface area contributed by atoms with Gasteiger partial charge in [0.25, 0.3) is 0 Å². The van der Waals surface area contributed by atoms with Crippen molar-refractivity contribution < 1.29 is 9.53 Å². The Kier molecular flexibility index (Phi) is 5.13. The molecule has 1 amide bonds. The largest absolute Gasteiger partial charge is 0.444 e. The third-order valence-corrected chi connectivity index (χ3v) is 4.52. The first-order valence-electron chi connectivity index (χ1n) is 8.40. The summed E-state index contributed by atoms with van der Waals surface area (Å²) < 4.78 is 7.10. The highest BCUT2D eigenvalue weighted by atomic mass is 32.1. The second-order valence-electron chi connectivity index (χ2n) is 6.95. The first-order valence-corrected chi connectivity index (χ1v) is 9.28. The fourth-order valence-electron chi connectivity index (χ4n) is 2.36. The number of hydrogen-bond acceptors (Lipinski definition) is 6. The maximum atomic E-state index is 12.0. The van der Waals surface area contributed by atoms with Crippen molar-refractivity contribution in [2.24, 2.45) is 0 Å². The van der Waals surface area contributed by atoms with Gasteiger partial charge in [0, 0.05) is 31.2 Å². The molecular weight excluding hydrogens is 350 g/mol. The smallest absolute Gasteiger partial charge is 0.410 e. The van der Waals surface area contributed by atoms with E-state index in [1.165, 1.54) is 0 Å². The first kappa shape index (κ1) is 18.2. The van der Waals surface area contributed by atoms with Crippen molar-refractivity contribution in [2.45, 2.75) is 26.4 Å². The zero-order chi connectivity index (χ0) is 18.7. The van der Waals surface area contributed by atoms with Gasteiger partial charge in [-0.25, -0.2) is 14.3 Å². The molecule has 0 saturated heterocycles. The molecule has 0 aliphatic rings. The van der Waals surface area contributed by atoms with Crippen molar-refractivity contribution in [3.05, 3.63) is 36.0 Å². The summed E-state index contributed by atoms with van der Waals surface area (Å²) in [6.45, 7) is 6.65. The molecule has 0 spiro atoms. The van der Waals surface area contributed by atoms with Crippen LogP contribution >= 0.6 is 11.3 Å². The van der Waals surface area contributed by atoms with Crippen LogP contribution in [0.4, 0.5) is 10.6 Å². The van der Waals surface area contributed by atoms with E-state index in [1.807, 2.05) is 50.7 Å². The molecule has 0 saturated carbocycles. The van der Waals surface area contributed by atoms with E-state index in [-0.39, 0.29) is 6.09 Å². The Labute approximate surface area is 156 Å². The highest BCUT2D eigenvalue weighted by molar-refractivity contribution is 7.13. The fraction of sp³-hybridized carbons (Fsp3) is 0.389. The number of nitrogens with one attached hydrogen (secondary N) is 1. The summed E-state index contributed by atoms with van der Waals surface area (Å²) in [7, 11) is 1.72. The molecule has 3 aromatic rings. The Morgan fingerprint density at radius 1 is 1.38 bits per heavy atom. The van der Waals surface area contributed by atoms with Gasteiger partial charge in [0.1, 0.15) is 11.4 Å². The van der Waals surface area contributed by atoms with E-state index >= 15 is 0 Å². The summed E-state index contributed by atoms with van der Waals surface area (Å²) in [5.41, 5.74) is 1.32. The van der Waals surface area contributed by atoms with E-state index in [4.69, 9.17) is 4.74 Å². The Morgan fingerprint density at radius 2 is 2.19 bits per heavy atom. The standard InChI is InChI=1S/C18H23N5O2S/c1-18(2,3)25-17(24)22(4)10-8-19-15-7-9-23-16(21-15)13(12-20-23)14-6-5-11-26-14/h5-7,9,11-12H,8,10H2,1-4H3,(H,19,21).